The SMILES string of the molecule is C=C(CC)CNc1ncncc1Br. The summed E-state index contributed by atoms with van der Waals surface area (Å²) in [5, 5.41) is 3.17. The van der Waals surface area contributed by atoms with E-state index in [9.17, 15) is 0 Å². The van der Waals surface area contributed by atoms with E-state index in [1.807, 2.05) is 0 Å². The molecule has 0 aliphatic heterocycles. The third-order valence-electron chi connectivity index (χ3n) is 1.67. The Morgan fingerprint density at radius 3 is 3.08 bits per heavy atom. The molecule has 4 heteroatoms. The highest BCUT2D eigenvalue weighted by molar-refractivity contribution is 9.10. The Hall–Kier alpha value is -0.900. The smallest absolute Gasteiger partial charge is 0.143 e. The van der Waals surface area contributed by atoms with Gasteiger partial charge in [-0.1, -0.05) is 19.1 Å². The average Bonchev–Trinajstić information content (AvgIpc) is 2.16. The molecule has 1 rings (SSSR count). The number of aromatic nitrogens is 2. The lowest BCUT2D eigenvalue weighted by Gasteiger charge is -2.06. The van der Waals surface area contributed by atoms with Crippen molar-refractivity contribution in [2.24, 2.45) is 0 Å². The van der Waals surface area contributed by atoms with Gasteiger partial charge in [0.1, 0.15) is 12.1 Å². The molecule has 1 N–H and O–H groups in total. The Kier molecular flexibility index (Phi) is 3.89. The van der Waals surface area contributed by atoms with Crippen molar-refractivity contribution in [1.82, 2.24) is 9.97 Å². The second-order valence-electron chi connectivity index (χ2n) is 2.68. The zero-order chi connectivity index (χ0) is 9.68. The molecule has 0 atom stereocenters. The summed E-state index contributed by atoms with van der Waals surface area (Å²) in [6.07, 6.45) is 4.21. The molecule has 1 aromatic heterocycles. The molecule has 13 heavy (non-hydrogen) atoms. The van der Waals surface area contributed by atoms with Crippen LogP contribution < -0.4 is 5.32 Å². The van der Waals surface area contributed by atoms with Gasteiger partial charge < -0.3 is 5.32 Å². The molecule has 0 saturated carbocycles. The summed E-state index contributed by atoms with van der Waals surface area (Å²) in [5.41, 5.74) is 1.16. The van der Waals surface area contributed by atoms with Gasteiger partial charge in [0.15, 0.2) is 0 Å². The lowest BCUT2D eigenvalue weighted by Crippen LogP contribution is -2.05. The van der Waals surface area contributed by atoms with Crippen LogP contribution in [0, 0.1) is 0 Å². The van der Waals surface area contributed by atoms with Crippen LogP contribution in [0.3, 0.4) is 0 Å². The summed E-state index contributed by atoms with van der Waals surface area (Å²) in [7, 11) is 0. The Balaban J connectivity index is 2.54. The molecule has 0 bridgehead atoms. The van der Waals surface area contributed by atoms with E-state index in [4.69, 9.17) is 0 Å². The number of rotatable bonds is 4. The monoisotopic (exact) mass is 241 g/mol. The first-order valence-electron chi connectivity index (χ1n) is 4.10. The molecule has 0 aliphatic rings. The highest BCUT2D eigenvalue weighted by atomic mass is 79.9. The van der Waals surface area contributed by atoms with Crippen molar-refractivity contribution in [3.63, 3.8) is 0 Å². The van der Waals surface area contributed by atoms with E-state index < -0.39 is 0 Å². The third-order valence-corrected chi connectivity index (χ3v) is 2.25. The normalized spacial score (nSPS) is 9.69. The minimum atomic E-state index is 0.756. The lowest BCUT2D eigenvalue weighted by atomic mass is 10.2. The van der Waals surface area contributed by atoms with Crippen molar-refractivity contribution in [1.29, 1.82) is 0 Å². The van der Waals surface area contributed by atoms with Gasteiger partial charge in [-0.05, 0) is 22.4 Å². The topological polar surface area (TPSA) is 37.8 Å². The van der Waals surface area contributed by atoms with Gasteiger partial charge >= 0.3 is 0 Å². The summed E-state index contributed by atoms with van der Waals surface area (Å²) >= 11 is 3.35. The minimum Gasteiger partial charge on any atom is -0.365 e. The fourth-order valence-electron chi connectivity index (χ4n) is 0.776. The Morgan fingerprint density at radius 1 is 1.69 bits per heavy atom. The predicted molar refractivity (Wildman–Crippen MR) is 57.7 cm³/mol. The number of halogens is 1. The van der Waals surface area contributed by atoms with Gasteiger partial charge in [0.25, 0.3) is 0 Å². The molecule has 0 saturated heterocycles. The highest BCUT2D eigenvalue weighted by Gasteiger charge is 1.99. The Bertz CT molecular complexity index is 299. The van der Waals surface area contributed by atoms with Crippen molar-refractivity contribution in [2.75, 3.05) is 11.9 Å². The first-order valence-corrected chi connectivity index (χ1v) is 4.89. The molecule has 0 fully saturated rings. The molecule has 0 aromatic carbocycles. The van der Waals surface area contributed by atoms with Crippen molar-refractivity contribution in [3.05, 3.63) is 29.1 Å². The standard InChI is InChI=1S/C9H12BrN3/c1-3-7(2)4-12-9-8(10)5-11-6-13-9/h5-6H,2-4H2,1H3,(H,11,12,13). The van der Waals surface area contributed by atoms with Gasteiger partial charge in [-0.2, -0.15) is 0 Å². The number of nitrogens with zero attached hydrogens (tertiary/aromatic N) is 2. The molecule has 0 spiro atoms. The lowest BCUT2D eigenvalue weighted by molar-refractivity contribution is 1.03. The van der Waals surface area contributed by atoms with Gasteiger partial charge in [0.2, 0.25) is 0 Å². The van der Waals surface area contributed by atoms with Crippen LogP contribution >= 0.6 is 15.9 Å². The van der Waals surface area contributed by atoms with E-state index in [-0.39, 0.29) is 0 Å². The van der Waals surface area contributed by atoms with E-state index in [1.54, 1.807) is 6.20 Å². The second kappa shape index (κ2) is 4.97. The third kappa shape index (κ3) is 3.14. The number of nitrogens with one attached hydrogen (secondary N) is 1. The van der Waals surface area contributed by atoms with Crippen LogP contribution in [0.5, 0.6) is 0 Å². The highest BCUT2D eigenvalue weighted by Crippen LogP contribution is 2.17. The van der Waals surface area contributed by atoms with E-state index in [0.29, 0.717) is 0 Å². The first-order chi connectivity index (χ1) is 6.24. The Labute approximate surface area is 86.4 Å². The molecule has 0 amide bonds. The largest absolute Gasteiger partial charge is 0.365 e. The molecule has 0 radical (unpaired) electrons. The fourth-order valence-corrected chi connectivity index (χ4v) is 1.14. The minimum absolute atomic E-state index is 0.756. The van der Waals surface area contributed by atoms with Gasteiger partial charge in [-0.15, -0.1) is 0 Å². The van der Waals surface area contributed by atoms with Crippen LogP contribution in [0.2, 0.25) is 0 Å². The number of hydrogen-bond acceptors (Lipinski definition) is 3. The molecule has 0 unspecified atom stereocenters. The van der Waals surface area contributed by atoms with E-state index >= 15 is 0 Å². The summed E-state index contributed by atoms with van der Waals surface area (Å²) in [5.74, 6) is 0.810. The van der Waals surface area contributed by atoms with Gasteiger partial charge in [0, 0.05) is 12.7 Å². The van der Waals surface area contributed by atoms with Crippen molar-refractivity contribution in [2.45, 2.75) is 13.3 Å². The maximum Gasteiger partial charge on any atom is 0.143 e. The second-order valence-corrected chi connectivity index (χ2v) is 3.53. The molecular formula is C9H12BrN3. The summed E-state index contributed by atoms with van der Waals surface area (Å²) < 4.78 is 0.874. The van der Waals surface area contributed by atoms with Crippen LogP contribution in [0.15, 0.2) is 29.1 Å². The molecule has 1 heterocycles. The summed E-state index contributed by atoms with van der Waals surface area (Å²) in [4.78, 5) is 7.95. The maximum absolute atomic E-state index is 4.07. The van der Waals surface area contributed by atoms with Crippen LogP contribution in [-0.4, -0.2) is 16.5 Å². The predicted octanol–water partition coefficient (Wildman–Crippen LogP) is 2.62. The molecule has 0 aliphatic carbocycles. The average molecular weight is 242 g/mol. The van der Waals surface area contributed by atoms with Gasteiger partial charge in [0.05, 0.1) is 4.47 Å². The summed E-state index contributed by atoms with van der Waals surface area (Å²) in [6, 6.07) is 0. The number of anilines is 1. The Morgan fingerprint density at radius 2 is 2.46 bits per heavy atom. The van der Waals surface area contributed by atoms with Crippen molar-refractivity contribution < 1.29 is 0 Å². The van der Waals surface area contributed by atoms with E-state index in [2.05, 4.69) is 44.7 Å². The van der Waals surface area contributed by atoms with Gasteiger partial charge in [-0.25, -0.2) is 9.97 Å². The van der Waals surface area contributed by atoms with Crippen LogP contribution in [0.1, 0.15) is 13.3 Å². The quantitative estimate of drug-likeness (QED) is 0.824. The molecule has 70 valence electrons. The van der Waals surface area contributed by atoms with E-state index in [1.165, 1.54) is 6.33 Å². The van der Waals surface area contributed by atoms with Crippen molar-refractivity contribution in [3.8, 4) is 0 Å². The maximum atomic E-state index is 4.07. The zero-order valence-electron chi connectivity index (χ0n) is 7.55. The molecular weight excluding hydrogens is 230 g/mol. The van der Waals surface area contributed by atoms with Crippen molar-refractivity contribution >= 4 is 21.7 Å². The van der Waals surface area contributed by atoms with Gasteiger partial charge in [-0.3, -0.25) is 0 Å². The number of hydrogen-bond donors (Lipinski definition) is 1. The zero-order valence-corrected chi connectivity index (χ0v) is 9.13. The van der Waals surface area contributed by atoms with E-state index in [0.717, 1.165) is 28.8 Å². The van der Waals surface area contributed by atoms with Crippen LogP contribution in [-0.2, 0) is 0 Å². The molecule has 3 nitrogen and oxygen atoms in total. The van der Waals surface area contributed by atoms with Crippen LogP contribution in [0.4, 0.5) is 5.82 Å². The summed E-state index contributed by atoms with van der Waals surface area (Å²) in [6.45, 7) is 6.74. The fraction of sp³-hybridized carbons (Fsp3) is 0.333. The first kappa shape index (κ1) is 10.2. The van der Waals surface area contributed by atoms with Crippen LogP contribution in [0.25, 0.3) is 0 Å². The molecule has 1 aromatic rings.